The lowest BCUT2D eigenvalue weighted by Gasteiger charge is -2.29. The lowest BCUT2D eigenvalue weighted by molar-refractivity contribution is 0.332. The molecule has 4 rings (SSSR count). The van der Waals surface area contributed by atoms with Crippen LogP contribution in [0, 0.1) is 29.6 Å². The largest absolute Gasteiger partial charge is 0.494 e. The van der Waals surface area contributed by atoms with Crippen LogP contribution >= 0.6 is 0 Å². The molecule has 3 aromatic rings. The van der Waals surface area contributed by atoms with Gasteiger partial charge in [0.2, 0.25) is 11.8 Å². The molecule has 0 saturated heterocycles. The van der Waals surface area contributed by atoms with Crippen LogP contribution in [0.25, 0.3) is 11.3 Å². The smallest absolute Gasteiger partial charge is 0.244 e. The van der Waals surface area contributed by atoms with Gasteiger partial charge in [-0.25, -0.2) is 0 Å². The number of hydrogen-bond acceptors (Lipinski definition) is 5. The first-order valence-electron chi connectivity index (χ1n) is 9.17. The van der Waals surface area contributed by atoms with Gasteiger partial charge in [0.05, 0.1) is 23.9 Å². The summed E-state index contributed by atoms with van der Waals surface area (Å²) < 4.78 is 11.4. The minimum Gasteiger partial charge on any atom is -0.494 e. The summed E-state index contributed by atoms with van der Waals surface area (Å²) in [6.07, 6.45) is 0. The molecule has 2 aromatic carbocycles. The number of benzene rings is 2. The van der Waals surface area contributed by atoms with Crippen molar-refractivity contribution in [1.82, 2.24) is 10.2 Å². The van der Waals surface area contributed by atoms with Gasteiger partial charge >= 0.3 is 0 Å². The van der Waals surface area contributed by atoms with Gasteiger partial charge in [0, 0.05) is 11.5 Å². The maximum Gasteiger partial charge on any atom is 0.244 e. The molecule has 0 saturated carbocycles. The molecule has 2 unspecified atom stereocenters. The molecule has 2 heterocycles. The lowest BCUT2D eigenvalue weighted by atomic mass is 9.78. The normalized spacial score (nSPS) is 18.1. The molecule has 6 heteroatoms. The predicted molar refractivity (Wildman–Crippen MR) is 106 cm³/mol. The van der Waals surface area contributed by atoms with Gasteiger partial charge in [-0.1, -0.05) is 48.0 Å². The number of nitriles is 1. The van der Waals surface area contributed by atoms with Crippen molar-refractivity contribution in [2.75, 3.05) is 6.61 Å². The van der Waals surface area contributed by atoms with Gasteiger partial charge in [0.15, 0.2) is 0 Å². The number of ether oxygens (including phenoxy) is 2. The fourth-order valence-electron chi connectivity index (χ4n) is 3.62. The van der Waals surface area contributed by atoms with E-state index in [2.05, 4.69) is 16.3 Å². The van der Waals surface area contributed by atoms with Crippen LogP contribution in [0.2, 0.25) is 0 Å². The fourth-order valence-corrected chi connectivity index (χ4v) is 3.62. The van der Waals surface area contributed by atoms with Crippen LogP contribution in [0.1, 0.15) is 29.5 Å². The molecular weight excluding hydrogens is 352 g/mol. The Morgan fingerprint density at radius 1 is 1.21 bits per heavy atom. The third-order valence-electron chi connectivity index (χ3n) is 4.94. The molecule has 2 N–H and O–H groups in total. The highest BCUT2D eigenvalue weighted by Crippen LogP contribution is 2.47. The molecule has 6 nitrogen and oxygen atoms in total. The van der Waals surface area contributed by atoms with Gasteiger partial charge in [-0.05, 0) is 25.5 Å². The fraction of sp³-hybridized carbons (Fsp3) is 0.227. The number of para-hydroxylation sites is 1. The standard InChI is InChI=1S/C22H20N4O2/c1-3-27-17-7-5-4-6-15(17)18-16(12-23)21(24)28-22-19(18)20(25-26-22)14-10-8-13(2)9-11-14/h4-11,16,18,24H,3H2,1-2H3,(H,25,26). The molecule has 0 spiro atoms. The molecule has 1 aliphatic rings. The van der Waals surface area contributed by atoms with Gasteiger partial charge in [-0.3, -0.25) is 10.5 Å². The lowest BCUT2D eigenvalue weighted by Crippen LogP contribution is -2.31. The average Bonchev–Trinajstić information content (AvgIpc) is 3.11. The topological polar surface area (TPSA) is 94.8 Å². The highest BCUT2D eigenvalue weighted by Gasteiger charge is 2.41. The zero-order valence-corrected chi connectivity index (χ0v) is 15.7. The Morgan fingerprint density at radius 2 is 1.96 bits per heavy atom. The van der Waals surface area contributed by atoms with Gasteiger partial charge < -0.3 is 9.47 Å². The van der Waals surface area contributed by atoms with Crippen LogP contribution in [-0.2, 0) is 0 Å². The summed E-state index contributed by atoms with van der Waals surface area (Å²) in [5, 5.41) is 25.4. The maximum atomic E-state index is 9.83. The van der Waals surface area contributed by atoms with Crippen molar-refractivity contribution in [3.8, 4) is 29.0 Å². The third-order valence-corrected chi connectivity index (χ3v) is 4.94. The minimum absolute atomic E-state index is 0.103. The van der Waals surface area contributed by atoms with Crippen molar-refractivity contribution in [2.45, 2.75) is 19.8 Å². The van der Waals surface area contributed by atoms with E-state index in [1.807, 2.05) is 62.4 Å². The zero-order chi connectivity index (χ0) is 19.7. The van der Waals surface area contributed by atoms with Crippen molar-refractivity contribution >= 4 is 5.90 Å². The van der Waals surface area contributed by atoms with E-state index in [-0.39, 0.29) is 5.90 Å². The molecule has 0 amide bonds. The summed E-state index contributed by atoms with van der Waals surface area (Å²) >= 11 is 0. The predicted octanol–water partition coefficient (Wildman–Crippen LogP) is 4.43. The molecule has 0 bridgehead atoms. The second-order valence-corrected chi connectivity index (χ2v) is 6.71. The number of hydrogen-bond donors (Lipinski definition) is 2. The summed E-state index contributed by atoms with van der Waals surface area (Å²) in [5.41, 5.74) is 4.52. The van der Waals surface area contributed by atoms with Crippen LogP contribution in [0.5, 0.6) is 11.6 Å². The van der Waals surface area contributed by atoms with Crippen LogP contribution in [0.3, 0.4) is 0 Å². The van der Waals surface area contributed by atoms with E-state index in [1.54, 1.807) is 0 Å². The number of nitrogens with one attached hydrogen (secondary N) is 2. The van der Waals surface area contributed by atoms with Gasteiger partial charge in [0.25, 0.3) is 0 Å². The van der Waals surface area contributed by atoms with Crippen LogP contribution in [-0.4, -0.2) is 22.7 Å². The first kappa shape index (κ1) is 17.8. The van der Waals surface area contributed by atoms with E-state index in [0.717, 1.165) is 27.9 Å². The Morgan fingerprint density at radius 3 is 2.68 bits per heavy atom. The van der Waals surface area contributed by atoms with Crippen molar-refractivity contribution in [3.63, 3.8) is 0 Å². The highest BCUT2D eigenvalue weighted by molar-refractivity contribution is 5.87. The van der Waals surface area contributed by atoms with Gasteiger partial charge in [-0.2, -0.15) is 5.26 Å². The van der Waals surface area contributed by atoms with Gasteiger partial charge in [0.1, 0.15) is 11.7 Å². The van der Waals surface area contributed by atoms with Crippen molar-refractivity contribution < 1.29 is 9.47 Å². The quantitative estimate of drug-likeness (QED) is 0.708. The van der Waals surface area contributed by atoms with Crippen LogP contribution < -0.4 is 9.47 Å². The minimum atomic E-state index is -0.768. The van der Waals surface area contributed by atoms with E-state index in [9.17, 15) is 5.26 Å². The Kier molecular flexibility index (Phi) is 4.58. The first-order valence-corrected chi connectivity index (χ1v) is 9.17. The highest BCUT2D eigenvalue weighted by atomic mass is 16.5. The second-order valence-electron chi connectivity index (χ2n) is 6.71. The molecular formula is C22H20N4O2. The Balaban J connectivity index is 1.94. The van der Waals surface area contributed by atoms with Gasteiger partial charge in [-0.15, -0.1) is 5.10 Å². The Labute approximate surface area is 163 Å². The average molecular weight is 372 g/mol. The SMILES string of the molecule is CCOc1ccccc1C1c2c(n[nH]c2-c2ccc(C)cc2)OC(=N)C1C#N. The molecule has 2 atom stereocenters. The first-order chi connectivity index (χ1) is 13.6. The molecule has 0 radical (unpaired) electrons. The number of aromatic amines is 1. The molecule has 1 aromatic heterocycles. The van der Waals surface area contributed by atoms with Crippen LogP contribution in [0.4, 0.5) is 0 Å². The molecule has 140 valence electrons. The summed E-state index contributed by atoms with van der Waals surface area (Å²) in [5.74, 6) is -0.251. The van der Waals surface area contributed by atoms with Crippen molar-refractivity contribution in [3.05, 3.63) is 65.2 Å². The summed E-state index contributed by atoms with van der Waals surface area (Å²) in [6, 6.07) is 18.0. The molecule has 0 aliphatic carbocycles. The Hall–Kier alpha value is -3.59. The maximum absolute atomic E-state index is 9.83. The van der Waals surface area contributed by atoms with E-state index < -0.39 is 11.8 Å². The molecule has 28 heavy (non-hydrogen) atoms. The monoisotopic (exact) mass is 372 g/mol. The molecule has 0 fully saturated rings. The van der Waals surface area contributed by atoms with E-state index >= 15 is 0 Å². The van der Waals surface area contributed by atoms with E-state index in [0.29, 0.717) is 18.2 Å². The van der Waals surface area contributed by atoms with Crippen molar-refractivity contribution in [1.29, 1.82) is 10.7 Å². The number of aromatic nitrogens is 2. The summed E-state index contributed by atoms with van der Waals surface area (Å²) in [4.78, 5) is 0. The Bertz CT molecular complexity index is 1060. The molecule has 1 aliphatic heterocycles. The third kappa shape index (κ3) is 2.91. The number of nitrogens with zero attached hydrogens (tertiary/aromatic N) is 2. The van der Waals surface area contributed by atoms with Crippen molar-refractivity contribution in [2.24, 2.45) is 5.92 Å². The summed E-state index contributed by atoms with van der Waals surface area (Å²) in [6.45, 7) is 4.47. The van der Waals surface area contributed by atoms with E-state index in [4.69, 9.17) is 14.9 Å². The number of fused-ring (bicyclic) bond motifs is 1. The van der Waals surface area contributed by atoms with Crippen LogP contribution in [0.15, 0.2) is 48.5 Å². The summed E-state index contributed by atoms with van der Waals surface area (Å²) in [7, 11) is 0. The second kappa shape index (κ2) is 7.20. The number of rotatable bonds is 4. The zero-order valence-electron chi connectivity index (χ0n) is 15.7. The van der Waals surface area contributed by atoms with E-state index in [1.165, 1.54) is 0 Å². The number of H-pyrrole nitrogens is 1. The number of aryl methyl sites for hydroxylation is 1.